The Morgan fingerprint density at radius 2 is 1.71 bits per heavy atom. The van der Waals surface area contributed by atoms with Gasteiger partial charge in [0.05, 0.1) is 6.20 Å². The van der Waals surface area contributed by atoms with Crippen molar-refractivity contribution in [3.8, 4) is 11.5 Å². The van der Waals surface area contributed by atoms with Crippen molar-refractivity contribution < 1.29 is 14.0 Å². The first-order chi connectivity index (χ1) is 15.1. The van der Waals surface area contributed by atoms with Crippen LogP contribution >= 0.6 is 0 Å². The van der Waals surface area contributed by atoms with Crippen molar-refractivity contribution in [3.63, 3.8) is 0 Å². The summed E-state index contributed by atoms with van der Waals surface area (Å²) in [5.41, 5.74) is 0.646. The van der Waals surface area contributed by atoms with Gasteiger partial charge in [-0.1, -0.05) is 12.1 Å². The smallest absolute Gasteiger partial charge is 0.256 e. The molecule has 0 unspecified atom stereocenters. The molecule has 0 spiro atoms. The van der Waals surface area contributed by atoms with Crippen LogP contribution in [0.5, 0.6) is 0 Å². The number of aromatic nitrogens is 3. The van der Waals surface area contributed by atoms with Gasteiger partial charge in [-0.25, -0.2) is 9.07 Å². The molecule has 160 valence electrons. The highest BCUT2D eigenvalue weighted by Crippen LogP contribution is 2.32. The largest absolute Gasteiger partial charge is 0.349 e. The Hall–Kier alpha value is -3.42. The maximum absolute atomic E-state index is 14.4. The number of likely N-dealkylation sites (tertiary alicyclic amines) is 1. The van der Waals surface area contributed by atoms with E-state index in [0.717, 1.165) is 25.7 Å². The number of halogens is 1. The number of rotatable bonds is 5. The molecule has 2 fully saturated rings. The van der Waals surface area contributed by atoms with Gasteiger partial charge in [0, 0.05) is 37.4 Å². The molecule has 7 nitrogen and oxygen atoms in total. The van der Waals surface area contributed by atoms with Crippen molar-refractivity contribution >= 4 is 11.8 Å². The van der Waals surface area contributed by atoms with Crippen LogP contribution < -0.4 is 5.32 Å². The summed E-state index contributed by atoms with van der Waals surface area (Å²) in [5, 5.41) is 7.40. The second-order valence-corrected chi connectivity index (χ2v) is 8.18. The topological polar surface area (TPSA) is 72.2 Å². The number of benzene rings is 1. The van der Waals surface area contributed by atoms with Crippen LogP contribution in [-0.2, 0) is 4.79 Å². The molecule has 1 saturated carbocycles. The number of piperidine rings is 1. The normalized spacial score (nSPS) is 17.0. The predicted molar refractivity (Wildman–Crippen MR) is 113 cm³/mol. The van der Waals surface area contributed by atoms with Gasteiger partial charge >= 0.3 is 0 Å². The maximum Gasteiger partial charge on any atom is 0.256 e. The summed E-state index contributed by atoms with van der Waals surface area (Å²) in [7, 11) is 0. The van der Waals surface area contributed by atoms with Gasteiger partial charge in [0.2, 0.25) is 5.91 Å². The molecule has 3 heterocycles. The molecule has 5 rings (SSSR count). The molecule has 8 heteroatoms. The van der Waals surface area contributed by atoms with Crippen molar-refractivity contribution in [1.82, 2.24) is 24.6 Å². The van der Waals surface area contributed by atoms with Crippen molar-refractivity contribution in [3.05, 3.63) is 66.4 Å². The summed E-state index contributed by atoms with van der Waals surface area (Å²) < 4.78 is 17.6. The van der Waals surface area contributed by atoms with Crippen molar-refractivity contribution in [2.45, 2.75) is 31.7 Å². The highest BCUT2D eigenvalue weighted by atomic mass is 19.1. The fourth-order valence-electron chi connectivity index (χ4n) is 4.12. The van der Waals surface area contributed by atoms with E-state index in [1.54, 1.807) is 35.2 Å². The van der Waals surface area contributed by atoms with Gasteiger partial charge in [-0.15, -0.1) is 0 Å². The summed E-state index contributed by atoms with van der Waals surface area (Å²) in [6.07, 6.45) is 8.53. The maximum atomic E-state index is 14.4. The van der Waals surface area contributed by atoms with Crippen LogP contribution in [0.3, 0.4) is 0 Å². The van der Waals surface area contributed by atoms with Gasteiger partial charge < -0.3 is 14.8 Å². The molecule has 2 aromatic heterocycles. The molecule has 1 saturated heterocycles. The van der Waals surface area contributed by atoms with Crippen molar-refractivity contribution in [2.24, 2.45) is 5.92 Å². The van der Waals surface area contributed by atoms with Gasteiger partial charge in [0.15, 0.2) is 5.82 Å². The summed E-state index contributed by atoms with van der Waals surface area (Å²) in [6, 6.07) is 10.0. The number of nitrogens with zero attached hydrogens (tertiary/aromatic N) is 4. The molecule has 1 aliphatic carbocycles. The van der Waals surface area contributed by atoms with E-state index in [2.05, 4.69) is 10.4 Å². The molecular formula is C23H24FN5O2. The number of carbonyl (C=O) groups is 2. The van der Waals surface area contributed by atoms with Crippen LogP contribution in [0.15, 0.2) is 55.0 Å². The highest BCUT2D eigenvalue weighted by Gasteiger charge is 2.35. The zero-order valence-corrected chi connectivity index (χ0v) is 17.1. The zero-order chi connectivity index (χ0) is 21.4. The summed E-state index contributed by atoms with van der Waals surface area (Å²) in [6.45, 7) is 1.33. The Morgan fingerprint density at radius 1 is 1.00 bits per heavy atom. The summed E-state index contributed by atoms with van der Waals surface area (Å²) in [5.74, 6) is 0.288. The first-order valence-corrected chi connectivity index (χ1v) is 10.7. The SMILES string of the molecule is O=C(NC1CCN(C(=O)C2CC2)CC1)c1cnn(-c2ccccc2F)c1-n1cccc1. The molecule has 0 bridgehead atoms. The fraction of sp³-hybridized carbons (Fsp3) is 0.348. The van der Waals surface area contributed by atoms with E-state index >= 15 is 0 Å². The number of carbonyl (C=O) groups excluding carboxylic acids is 2. The lowest BCUT2D eigenvalue weighted by molar-refractivity contribution is -0.133. The van der Waals surface area contributed by atoms with E-state index in [0.29, 0.717) is 24.5 Å². The molecule has 1 aromatic carbocycles. The molecule has 1 N–H and O–H groups in total. The van der Waals surface area contributed by atoms with Crippen LogP contribution in [0.25, 0.3) is 11.5 Å². The van der Waals surface area contributed by atoms with Crippen molar-refractivity contribution in [2.75, 3.05) is 13.1 Å². The molecule has 0 radical (unpaired) electrons. The van der Waals surface area contributed by atoms with E-state index < -0.39 is 5.82 Å². The van der Waals surface area contributed by atoms with E-state index in [1.807, 2.05) is 17.0 Å². The summed E-state index contributed by atoms with van der Waals surface area (Å²) >= 11 is 0. The van der Waals surface area contributed by atoms with Crippen molar-refractivity contribution in [1.29, 1.82) is 0 Å². The minimum absolute atomic E-state index is 0.00919. The molecule has 2 amide bonds. The second-order valence-electron chi connectivity index (χ2n) is 8.18. The van der Waals surface area contributed by atoms with Crippen LogP contribution in [0.2, 0.25) is 0 Å². The summed E-state index contributed by atoms with van der Waals surface area (Å²) in [4.78, 5) is 27.3. The van der Waals surface area contributed by atoms with E-state index in [4.69, 9.17) is 0 Å². The first-order valence-electron chi connectivity index (χ1n) is 10.7. The third-order valence-corrected chi connectivity index (χ3v) is 5.99. The predicted octanol–water partition coefficient (Wildman–Crippen LogP) is 2.93. The number of para-hydroxylation sites is 1. The number of hydrogen-bond donors (Lipinski definition) is 1. The molecule has 3 aromatic rings. The molecule has 2 aliphatic rings. The van der Waals surface area contributed by atoms with E-state index in [-0.39, 0.29) is 29.5 Å². The minimum Gasteiger partial charge on any atom is -0.349 e. The number of amides is 2. The Morgan fingerprint density at radius 3 is 2.39 bits per heavy atom. The van der Waals surface area contributed by atoms with Crippen LogP contribution in [0.4, 0.5) is 4.39 Å². The van der Waals surface area contributed by atoms with Crippen LogP contribution in [0, 0.1) is 11.7 Å². The molecule has 0 atom stereocenters. The lowest BCUT2D eigenvalue weighted by atomic mass is 10.0. The lowest BCUT2D eigenvalue weighted by Gasteiger charge is -2.32. The van der Waals surface area contributed by atoms with Gasteiger partial charge in [-0.05, 0) is 49.9 Å². The Kier molecular flexibility index (Phi) is 5.05. The third-order valence-electron chi connectivity index (χ3n) is 5.99. The van der Waals surface area contributed by atoms with Crippen LogP contribution in [-0.4, -0.2) is 50.2 Å². The molecule has 31 heavy (non-hydrogen) atoms. The minimum atomic E-state index is -0.418. The molecular weight excluding hydrogens is 397 g/mol. The van der Waals surface area contributed by atoms with Gasteiger partial charge in [-0.2, -0.15) is 5.10 Å². The Labute approximate surface area is 179 Å². The number of nitrogens with one attached hydrogen (secondary N) is 1. The van der Waals surface area contributed by atoms with Gasteiger partial charge in [0.25, 0.3) is 5.91 Å². The molecule has 1 aliphatic heterocycles. The Bertz CT molecular complexity index is 1100. The fourth-order valence-corrected chi connectivity index (χ4v) is 4.12. The number of hydrogen-bond acceptors (Lipinski definition) is 3. The van der Waals surface area contributed by atoms with E-state index in [9.17, 15) is 14.0 Å². The van der Waals surface area contributed by atoms with Gasteiger partial charge in [-0.3, -0.25) is 9.59 Å². The average molecular weight is 421 g/mol. The quantitative estimate of drug-likeness (QED) is 0.689. The first kappa shape index (κ1) is 19.5. The third kappa shape index (κ3) is 3.85. The second kappa shape index (κ2) is 8.02. The average Bonchev–Trinajstić information content (AvgIpc) is 3.31. The monoisotopic (exact) mass is 421 g/mol. The lowest BCUT2D eigenvalue weighted by Crippen LogP contribution is -2.47. The zero-order valence-electron chi connectivity index (χ0n) is 17.1. The highest BCUT2D eigenvalue weighted by molar-refractivity contribution is 5.97. The standard InChI is InChI=1S/C23H24FN5O2/c24-19-5-1-2-6-20(19)29-22(27-11-3-4-12-27)18(15-25-29)21(30)26-17-9-13-28(14-10-17)23(31)16-7-8-16/h1-6,11-12,15-17H,7-10,13-14H2,(H,26,30). The van der Waals surface area contributed by atoms with E-state index in [1.165, 1.54) is 16.9 Å². The Balaban J connectivity index is 1.36. The van der Waals surface area contributed by atoms with Gasteiger partial charge in [0.1, 0.15) is 17.1 Å². The van der Waals surface area contributed by atoms with Crippen LogP contribution in [0.1, 0.15) is 36.0 Å².